The summed E-state index contributed by atoms with van der Waals surface area (Å²) in [6, 6.07) is 7.22. The average Bonchev–Trinajstić information content (AvgIpc) is 2.36. The maximum atomic E-state index is 11.4. The van der Waals surface area contributed by atoms with E-state index in [1.54, 1.807) is 18.2 Å². The average molecular weight is 290 g/mol. The van der Waals surface area contributed by atoms with Crippen LogP contribution in [0.5, 0.6) is 0 Å². The Balaban J connectivity index is 2.25. The second-order valence-electron chi connectivity index (χ2n) is 5.62. The summed E-state index contributed by atoms with van der Waals surface area (Å²) >= 11 is 0. The first-order valence-corrected chi connectivity index (χ1v) is 6.82. The van der Waals surface area contributed by atoms with Crippen LogP contribution in [0.2, 0.25) is 0 Å². The Morgan fingerprint density at radius 3 is 2.67 bits per heavy atom. The molecule has 0 aliphatic rings. The molecule has 0 bridgehead atoms. The highest BCUT2D eigenvalue weighted by Gasteiger charge is 2.15. The highest BCUT2D eigenvalue weighted by molar-refractivity contribution is 5.67. The van der Waals surface area contributed by atoms with Gasteiger partial charge in [0.05, 0.1) is 11.3 Å². The fourth-order valence-electron chi connectivity index (χ4n) is 1.60. The van der Waals surface area contributed by atoms with Crippen LogP contribution in [-0.4, -0.2) is 24.8 Å². The zero-order valence-electron chi connectivity index (χ0n) is 12.7. The predicted molar refractivity (Wildman–Crippen MR) is 82.9 cm³/mol. The molecule has 0 fully saturated rings. The van der Waals surface area contributed by atoms with Crippen molar-refractivity contribution >= 4 is 17.5 Å². The maximum absolute atomic E-state index is 11.4. The summed E-state index contributed by atoms with van der Waals surface area (Å²) < 4.78 is 5.13. The number of ether oxygens (including phenoxy) is 1. The lowest BCUT2D eigenvalue weighted by molar-refractivity contribution is 0.0528. The van der Waals surface area contributed by atoms with Gasteiger partial charge in [-0.15, -0.1) is 0 Å². The van der Waals surface area contributed by atoms with Gasteiger partial charge < -0.3 is 21.1 Å². The number of nitrogen functional groups attached to an aromatic ring is 1. The fraction of sp³-hybridized carbons (Fsp3) is 0.467. The molecule has 0 radical (unpaired) electrons. The van der Waals surface area contributed by atoms with Gasteiger partial charge in [-0.05, 0) is 45.4 Å². The summed E-state index contributed by atoms with van der Waals surface area (Å²) in [7, 11) is 0. The number of rotatable bonds is 5. The minimum Gasteiger partial charge on any atom is -0.444 e. The highest BCUT2D eigenvalue weighted by Crippen LogP contribution is 2.16. The molecule has 0 aliphatic heterocycles. The zero-order valence-corrected chi connectivity index (χ0v) is 12.7. The van der Waals surface area contributed by atoms with Gasteiger partial charge in [-0.2, -0.15) is 5.26 Å². The van der Waals surface area contributed by atoms with Gasteiger partial charge in [0.15, 0.2) is 0 Å². The van der Waals surface area contributed by atoms with Gasteiger partial charge >= 0.3 is 6.09 Å². The van der Waals surface area contributed by atoms with E-state index < -0.39 is 11.7 Å². The molecule has 0 unspecified atom stereocenters. The molecule has 6 heteroatoms. The van der Waals surface area contributed by atoms with Crippen LogP contribution in [0.3, 0.4) is 0 Å². The van der Waals surface area contributed by atoms with E-state index in [1.165, 1.54) is 0 Å². The van der Waals surface area contributed by atoms with Crippen LogP contribution in [0.15, 0.2) is 18.2 Å². The van der Waals surface area contributed by atoms with Gasteiger partial charge in [0.1, 0.15) is 11.7 Å². The van der Waals surface area contributed by atoms with Crippen molar-refractivity contribution in [2.45, 2.75) is 32.8 Å². The quantitative estimate of drug-likeness (QED) is 0.571. The summed E-state index contributed by atoms with van der Waals surface area (Å²) in [4.78, 5) is 11.4. The molecule has 0 saturated carbocycles. The highest BCUT2D eigenvalue weighted by atomic mass is 16.6. The third-order valence-corrected chi connectivity index (χ3v) is 2.52. The van der Waals surface area contributed by atoms with Crippen molar-refractivity contribution in [1.29, 1.82) is 5.26 Å². The van der Waals surface area contributed by atoms with Crippen LogP contribution in [-0.2, 0) is 4.74 Å². The Morgan fingerprint density at radius 2 is 2.10 bits per heavy atom. The molecule has 0 atom stereocenters. The van der Waals surface area contributed by atoms with Crippen LogP contribution in [0.1, 0.15) is 32.8 Å². The van der Waals surface area contributed by atoms with Crippen LogP contribution < -0.4 is 16.4 Å². The molecule has 0 saturated heterocycles. The number of nitrogens with two attached hydrogens (primary N) is 1. The number of carbonyl (C=O) groups excluding carboxylic acids is 1. The maximum Gasteiger partial charge on any atom is 0.407 e. The smallest absolute Gasteiger partial charge is 0.407 e. The van der Waals surface area contributed by atoms with Gasteiger partial charge in [0.2, 0.25) is 0 Å². The van der Waals surface area contributed by atoms with Crippen molar-refractivity contribution in [3.8, 4) is 6.07 Å². The molecule has 0 aromatic heterocycles. The summed E-state index contributed by atoms with van der Waals surface area (Å²) in [5, 5.41) is 14.6. The number of carbonyl (C=O) groups is 1. The Kier molecular flexibility index (Phi) is 5.85. The molecular formula is C15H22N4O2. The number of amides is 1. The van der Waals surface area contributed by atoms with Crippen LogP contribution in [0.4, 0.5) is 16.2 Å². The minimum absolute atomic E-state index is 0.412. The van der Waals surface area contributed by atoms with Gasteiger partial charge in [-0.25, -0.2) is 4.79 Å². The van der Waals surface area contributed by atoms with Gasteiger partial charge in [0, 0.05) is 18.8 Å². The van der Waals surface area contributed by atoms with Gasteiger partial charge in [0.25, 0.3) is 0 Å². The van der Waals surface area contributed by atoms with Gasteiger partial charge in [-0.3, -0.25) is 0 Å². The van der Waals surface area contributed by atoms with E-state index in [-0.39, 0.29) is 0 Å². The van der Waals surface area contributed by atoms with Crippen molar-refractivity contribution < 1.29 is 9.53 Å². The first-order valence-electron chi connectivity index (χ1n) is 6.82. The van der Waals surface area contributed by atoms with E-state index in [4.69, 9.17) is 15.7 Å². The lowest BCUT2D eigenvalue weighted by Crippen LogP contribution is -2.33. The Labute approximate surface area is 125 Å². The third-order valence-electron chi connectivity index (χ3n) is 2.52. The fourth-order valence-corrected chi connectivity index (χ4v) is 1.60. The second-order valence-corrected chi connectivity index (χ2v) is 5.62. The number of nitrogens with zero attached hydrogens (tertiary/aromatic N) is 1. The second kappa shape index (κ2) is 7.39. The largest absolute Gasteiger partial charge is 0.444 e. The summed E-state index contributed by atoms with van der Waals surface area (Å²) in [6.45, 7) is 6.67. The number of benzene rings is 1. The molecule has 6 nitrogen and oxygen atoms in total. The number of alkyl carbamates (subject to hydrolysis) is 1. The van der Waals surface area contributed by atoms with Crippen LogP contribution in [0.25, 0.3) is 0 Å². The molecule has 0 aliphatic carbocycles. The molecule has 1 aromatic carbocycles. The monoisotopic (exact) mass is 290 g/mol. The van der Waals surface area contributed by atoms with Crippen molar-refractivity contribution in [2.24, 2.45) is 0 Å². The van der Waals surface area contributed by atoms with Crippen LogP contribution in [0, 0.1) is 11.3 Å². The van der Waals surface area contributed by atoms with Gasteiger partial charge in [-0.1, -0.05) is 0 Å². The SMILES string of the molecule is CC(C)(C)OC(=O)NCCCNc1ccc(C#N)c(N)c1. The molecule has 1 aromatic rings. The number of nitriles is 1. The molecule has 0 spiro atoms. The summed E-state index contributed by atoms with van der Waals surface area (Å²) in [6.07, 6.45) is 0.337. The number of hydrogen-bond donors (Lipinski definition) is 3. The van der Waals surface area contributed by atoms with E-state index in [1.807, 2.05) is 26.8 Å². The van der Waals surface area contributed by atoms with Crippen LogP contribution >= 0.6 is 0 Å². The molecule has 0 heterocycles. The number of hydrogen-bond acceptors (Lipinski definition) is 5. The lowest BCUT2D eigenvalue weighted by atomic mass is 10.2. The molecule has 114 valence electrons. The molecule has 1 amide bonds. The van der Waals surface area contributed by atoms with Crippen molar-refractivity contribution in [1.82, 2.24) is 5.32 Å². The summed E-state index contributed by atoms with van der Waals surface area (Å²) in [5.74, 6) is 0. The number of nitrogens with one attached hydrogen (secondary N) is 2. The van der Waals surface area contributed by atoms with E-state index in [2.05, 4.69) is 10.6 Å². The standard InChI is InChI=1S/C15H22N4O2/c1-15(2,3)21-14(20)19-8-4-7-18-12-6-5-11(10-16)13(17)9-12/h5-6,9,18H,4,7-8,17H2,1-3H3,(H,19,20). The first-order chi connectivity index (χ1) is 9.81. The first kappa shape index (κ1) is 16.6. The molecule has 21 heavy (non-hydrogen) atoms. The number of anilines is 2. The van der Waals surface area contributed by atoms with Crippen molar-refractivity contribution in [2.75, 3.05) is 24.1 Å². The summed E-state index contributed by atoms with van der Waals surface area (Å²) in [5.41, 5.74) is 7.01. The molecular weight excluding hydrogens is 268 g/mol. The topological polar surface area (TPSA) is 100 Å². The predicted octanol–water partition coefficient (Wildman–Crippen LogP) is 2.47. The lowest BCUT2D eigenvalue weighted by Gasteiger charge is -2.19. The molecule has 1 rings (SSSR count). The Morgan fingerprint density at radius 1 is 1.38 bits per heavy atom. The van der Waals surface area contributed by atoms with E-state index in [0.717, 1.165) is 12.1 Å². The Hall–Kier alpha value is -2.42. The minimum atomic E-state index is -0.484. The van der Waals surface area contributed by atoms with E-state index in [0.29, 0.717) is 24.3 Å². The van der Waals surface area contributed by atoms with Crippen molar-refractivity contribution in [3.05, 3.63) is 23.8 Å². The third kappa shape index (κ3) is 6.52. The molecule has 4 N–H and O–H groups in total. The van der Waals surface area contributed by atoms with E-state index >= 15 is 0 Å². The van der Waals surface area contributed by atoms with E-state index in [9.17, 15) is 4.79 Å². The van der Waals surface area contributed by atoms with Crippen molar-refractivity contribution in [3.63, 3.8) is 0 Å². The Bertz CT molecular complexity index is 529. The zero-order chi connectivity index (χ0) is 15.9. The normalized spacial score (nSPS) is 10.6.